The van der Waals surface area contributed by atoms with Crippen LogP contribution in [0.4, 0.5) is 0 Å². The van der Waals surface area contributed by atoms with Crippen molar-refractivity contribution in [2.45, 2.75) is 31.3 Å². The first-order valence-electron chi connectivity index (χ1n) is 7.67. The topological polar surface area (TPSA) is 26.3 Å². The molecular weight excluding hydrogens is 340 g/mol. The van der Waals surface area contributed by atoms with Crippen molar-refractivity contribution >= 4 is 21.7 Å². The Morgan fingerprint density at radius 3 is 2.41 bits per heavy atom. The number of carbonyl (C=O) groups excluding carboxylic acids is 1. The molecule has 0 radical (unpaired) electrons. The second-order valence-electron chi connectivity index (χ2n) is 5.77. The highest BCUT2D eigenvalue weighted by Gasteiger charge is 2.24. The second kappa shape index (κ2) is 7.21. The van der Waals surface area contributed by atoms with Gasteiger partial charge in [0.15, 0.2) is 5.78 Å². The largest absolute Gasteiger partial charge is 0.377 e. The van der Waals surface area contributed by atoms with Crippen LogP contribution in [0.1, 0.15) is 41.1 Å². The molecule has 0 spiro atoms. The number of rotatable bonds is 4. The number of Topliss-reactive ketones (excluding diaryl/α,β-unsaturated/α-hetero) is 1. The van der Waals surface area contributed by atoms with Gasteiger partial charge in [-0.05, 0) is 30.5 Å². The van der Waals surface area contributed by atoms with Gasteiger partial charge in [0.25, 0.3) is 0 Å². The van der Waals surface area contributed by atoms with Crippen LogP contribution in [-0.4, -0.2) is 18.5 Å². The zero-order valence-electron chi connectivity index (χ0n) is 12.4. The van der Waals surface area contributed by atoms with E-state index in [1.54, 1.807) is 0 Å². The lowest BCUT2D eigenvalue weighted by Gasteiger charge is -2.29. The summed E-state index contributed by atoms with van der Waals surface area (Å²) in [5, 5.41) is 0. The van der Waals surface area contributed by atoms with Crippen LogP contribution in [0.5, 0.6) is 0 Å². The molecule has 1 heterocycles. The second-order valence-corrected chi connectivity index (χ2v) is 6.69. The fraction of sp³-hybridized carbons (Fsp3) is 0.316. The van der Waals surface area contributed by atoms with Crippen molar-refractivity contribution in [1.29, 1.82) is 0 Å². The van der Waals surface area contributed by atoms with Crippen LogP contribution in [0.25, 0.3) is 0 Å². The van der Waals surface area contributed by atoms with E-state index in [0.29, 0.717) is 18.9 Å². The van der Waals surface area contributed by atoms with E-state index in [2.05, 4.69) is 40.2 Å². The van der Waals surface area contributed by atoms with Crippen LogP contribution < -0.4 is 0 Å². The third-order valence-corrected chi connectivity index (χ3v) is 4.75. The zero-order chi connectivity index (χ0) is 15.4. The average Bonchev–Trinajstić information content (AvgIpc) is 2.57. The first kappa shape index (κ1) is 15.4. The van der Waals surface area contributed by atoms with Gasteiger partial charge < -0.3 is 4.74 Å². The third kappa shape index (κ3) is 3.84. The minimum Gasteiger partial charge on any atom is -0.377 e. The Bertz CT molecular complexity index is 614. The standard InChI is InChI=1S/C19H19BrO2/c20-17-9-6-15(7-10-17)19(21)12-18-11-8-16(13-22-18)14-4-2-1-3-5-14/h1-7,9-10,16,18H,8,11-13H2/t16-,18+/m0/s1. The normalized spacial score (nSPS) is 21.5. The molecule has 2 atom stereocenters. The molecule has 0 saturated carbocycles. The highest BCUT2D eigenvalue weighted by molar-refractivity contribution is 9.10. The summed E-state index contributed by atoms with van der Waals surface area (Å²) in [6, 6.07) is 18.0. The molecule has 1 aliphatic rings. The van der Waals surface area contributed by atoms with Crippen LogP contribution >= 0.6 is 15.9 Å². The quantitative estimate of drug-likeness (QED) is 0.720. The van der Waals surface area contributed by atoms with Crippen molar-refractivity contribution in [2.75, 3.05) is 6.61 Å². The predicted octanol–water partition coefficient (Wildman–Crippen LogP) is 4.98. The van der Waals surface area contributed by atoms with E-state index in [-0.39, 0.29) is 11.9 Å². The fourth-order valence-corrected chi connectivity index (χ4v) is 3.18. The molecule has 114 valence electrons. The number of ether oxygens (including phenoxy) is 1. The van der Waals surface area contributed by atoms with E-state index >= 15 is 0 Å². The minimum atomic E-state index is 0.0520. The Kier molecular flexibility index (Phi) is 5.06. The smallest absolute Gasteiger partial charge is 0.165 e. The highest BCUT2D eigenvalue weighted by atomic mass is 79.9. The summed E-state index contributed by atoms with van der Waals surface area (Å²) in [5.41, 5.74) is 2.09. The van der Waals surface area contributed by atoms with Gasteiger partial charge in [-0.2, -0.15) is 0 Å². The molecule has 0 aromatic heterocycles. The van der Waals surface area contributed by atoms with Crippen molar-refractivity contribution in [3.63, 3.8) is 0 Å². The van der Waals surface area contributed by atoms with E-state index in [1.807, 2.05) is 30.3 Å². The fourth-order valence-electron chi connectivity index (χ4n) is 2.92. The number of hydrogen-bond donors (Lipinski definition) is 0. The summed E-state index contributed by atoms with van der Waals surface area (Å²) in [7, 11) is 0. The Balaban J connectivity index is 1.53. The number of carbonyl (C=O) groups is 1. The molecule has 0 unspecified atom stereocenters. The molecular formula is C19H19BrO2. The molecule has 1 saturated heterocycles. The van der Waals surface area contributed by atoms with Crippen molar-refractivity contribution < 1.29 is 9.53 Å². The highest BCUT2D eigenvalue weighted by Crippen LogP contribution is 2.29. The van der Waals surface area contributed by atoms with Crippen LogP contribution in [0.3, 0.4) is 0 Å². The van der Waals surface area contributed by atoms with Gasteiger partial charge in [-0.1, -0.05) is 58.4 Å². The summed E-state index contributed by atoms with van der Waals surface area (Å²) in [4.78, 5) is 12.3. The average molecular weight is 359 g/mol. The van der Waals surface area contributed by atoms with Crippen LogP contribution in [0.15, 0.2) is 59.1 Å². The lowest BCUT2D eigenvalue weighted by atomic mass is 9.90. The summed E-state index contributed by atoms with van der Waals surface area (Å²) in [6.45, 7) is 0.711. The van der Waals surface area contributed by atoms with Crippen molar-refractivity contribution in [3.8, 4) is 0 Å². The number of hydrogen-bond acceptors (Lipinski definition) is 2. The number of halogens is 1. The summed E-state index contributed by atoms with van der Waals surface area (Å²) in [6.07, 6.45) is 2.56. The Hall–Kier alpha value is -1.45. The first-order chi connectivity index (χ1) is 10.7. The van der Waals surface area contributed by atoms with E-state index in [0.717, 1.165) is 22.9 Å². The van der Waals surface area contributed by atoms with E-state index < -0.39 is 0 Å². The van der Waals surface area contributed by atoms with Gasteiger partial charge in [0, 0.05) is 22.4 Å². The van der Waals surface area contributed by atoms with Gasteiger partial charge in [0.2, 0.25) is 0 Å². The molecule has 3 rings (SSSR count). The first-order valence-corrected chi connectivity index (χ1v) is 8.47. The third-order valence-electron chi connectivity index (χ3n) is 4.22. The predicted molar refractivity (Wildman–Crippen MR) is 91.2 cm³/mol. The molecule has 1 fully saturated rings. The summed E-state index contributed by atoms with van der Waals surface area (Å²) >= 11 is 3.39. The van der Waals surface area contributed by atoms with E-state index in [4.69, 9.17) is 4.74 Å². The van der Waals surface area contributed by atoms with Gasteiger partial charge in [-0.3, -0.25) is 4.79 Å². The number of benzene rings is 2. The molecule has 2 aromatic carbocycles. The van der Waals surface area contributed by atoms with Crippen LogP contribution in [0.2, 0.25) is 0 Å². The van der Waals surface area contributed by atoms with Crippen LogP contribution in [-0.2, 0) is 4.74 Å². The summed E-state index contributed by atoms with van der Waals surface area (Å²) < 4.78 is 6.92. The van der Waals surface area contributed by atoms with Gasteiger partial charge in [-0.15, -0.1) is 0 Å². The molecule has 3 heteroatoms. The van der Waals surface area contributed by atoms with Gasteiger partial charge >= 0.3 is 0 Å². The molecule has 2 aromatic rings. The summed E-state index contributed by atoms with van der Waals surface area (Å²) in [5.74, 6) is 0.621. The maximum Gasteiger partial charge on any atom is 0.165 e. The number of ketones is 1. The Morgan fingerprint density at radius 1 is 1.05 bits per heavy atom. The monoisotopic (exact) mass is 358 g/mol. The lowest BCUT2D eigenvalue weighted by molar-refractivity contribution is 0.00162. The van der Waals surface area contributed by atoms with Crippen molar-refractivity contribution in [1.82, 2.24) is 0 Å². The molecule has 22 heavy (non-hydrogen) atoms. The van der Waals surface area contributed by atoms with Gasteiger partial charge in [-0.25, -0.2) is 0 Å². The molecule has 0 bridgehead atoms. The SMILES string of the molecule is O=C(C[C@H]1CC[C@H](c2ccccc2)CO1)c1ccc(Br)cc1. The molecule has 0 aliphatic carbocycles. The molecule has 0 N–H and O–H groups in total. The maximum atomic E-state index is 12.3. The Morgan fingerprint density at radius 2 is 1.77 bits per heavy atom. The van der Waals surface area contributed by atoms with Crippen LogP contribution in [0, 0.1) is 0 Å². The van der Waals surface area contributed by atoms with Gasteiger partial charge in [0.1, 0.15) is 0 Å². The maximum absolute atomic E-state index is 12.3. The zero-order valence-corrected chi connectivity index (χ0v) is 14.0. The lowest BCUT2D eigenvalue weighted by Crippen LogP contribution is -2.27. The molecule has 2 nitrogen and oxygen atoms in total. The van der Waals surface area contributed by atoms with Gasteiger partial charge in [0.05, 0.1) is 12.7 Å². The van der Waals surface area contributed by atoms with E-state index in [9.17, 15) is 4.79 Å². The molecule has 0 amide bonds. The van der Waals surface area contributed by atoms with Crippen molar-refractivity contribution in [3.05, 3.63) is 70.2 Å². The Labute approximate surface area is 139 Å². The minimum absolute atomic E-state index is 0.0520. The van der Waals surface area contributed by atoms with E-state index in [1.165, 1.54) is 5.56 Å². The molecule has 1 aliphatic heterocycles. The van der Waals surface area contributed by atoms with Crippen molar-refractivity contribution in [2.24, 2.45) is 0 Å².